The molecule has 0 saturated carbocycles. The summed E-state index contributed by atoms with van der Waals surface area (Å²) in [6.45, 7) is 2.17. The molecule has 3 amide bonds. The smallest absolute Gasteiger partial charge is 0.258 e. The first-order valence-electron chi connectivity index (χ1n) is 9.03. The Balaban J connectivity index is 1.45. The Morgan fingerprint density at radius 2 is 2.25 bits per heavy atom. The lowest BCUT2D eigenvalue weighted by Crippen LogP contribution is -2.56. The topological polar surface area (TPSA) is 101 Å². The fourth-order valence-corrected chi connectivity index (χ4v) is 4.01. The molecule has 1 aromatic heterocycles. The zero-order chi connectivity index (χ0) is 19.7. The maximum absolute atomic E-state index is 12.6. The lowest BCUT2D eigenvalue weighted by molar-refractivity contribution is -0.134. The molecule has 3 heterocycles. The molecule has 0 bridgehead atoms. The molecule has 1 atom stereocenters. The van der Waals surface area contributed by atoms with Crippen LogP contribution < -0.4 is 15.4 Å². The summed E-state index contributed by atoms with van der Waals surface area (Å²) < 4.78 is 6.13. The lowest BCUT2D eigenvalue weighted by atomic mass is 9.99. The van der Waals surface area contributed by atoms with E-state index in [9.17, 15) is 14.4 Å². The molecular weight excluding hydrogens is 380 g/mol. The van der Waals surface area contributed by atoms with Gasteiger partial charge in [0.2, 0.25) is 11.8 Å². The molecule has 2 N–H and O–H groups in total. The second-order valence-electron chi connectivity index (χ2n) is 7.00. The van der Waals surface area contributed by atoms with Gasteiger partial charge >= 0.3 is 0 Å². The number of aromatic nitrogens is 1. The molecule has 0 radical (unpaired) electrons. The number of hydrogen-bond donors (Lipinski definition) is 2. The van der Waals surface area contributed by atoms with Gasteiger partial charge in [-0.3, -0.25) is 14.4 Å². The molecule has 2 aliphatic heterocycles. The first-order valence-corrected chi connectivity index (χ1v) is 9.91. The third-order valence-electron chi connectivity index (χ3n) is 4.92. The van der Waals surface area contributed by atoms with E-state index < -0.39 is 5.72 Å². The Bertz CT molecular complexity index is 930. The van der Waals surface area contributed by atoms with Gasteiger partial charge in [-0.25, -0.2) is 4.98 Å². The summed E-state index contributed by atoms with van der Waals surface area (Å²) in [6.07, 6.45) is 2.55. The van der Waals surface area contributed by atoms with Gasteiger partial charge in [-0.1, -0.05) is 11.6 Å². The van der Waals surface area contributed by atoms with E-state index in [0.717, 1.165) is 5.56 Å². The number of nitrogens with zero attached hydrogens (tertiary/aromatic N) is 2. The van der Waals surface area contributed by atoms with E-state index in [4.69, 9.17) is 4.74 Å². The van der Waals surface area contributed by atoms with Gasteiger partial charge in [-0.05, 0) is 19.1 Å². The Hall–Kier alpha value is -2.94. The molecule has 0 aliphatic carbocycles. The van der Waals surface area contributed by atoms with E-state index in [1.807, 2.05) is 13.0 Å². The zero-order valence-corrected chi connectivity index (χ0v) is 16.2. The maximum atomic E-state index is 12.6. The number of likely N-dealkylation sites (tertiary alicyclic amines) is 1. The van der Waals surface area contributed by atoms with Gasteiger partial charge in [0.05, 0.1) is 12.1 Å². The summed E-state index contributed by atoms with van der Waals surface area (Å²) in [7, 11) is 0. The predicted octanol–water partition coefficient (Wildman–Crippen LogP) is 1.92. The van der Waals surface area contributed by atoms with Crippen LogP contribution in [-0.2, 0) is 9.59 Å². The molecule has 9 heteroatoms. The molecular formula is C19H20N4O4S. The van der Waals surface area contributed by atoms with Crippen LogP contribution in [0.1, 0.15) is 35.2 Å². The van der Waals surface area contributed by atoms with Crippen molar-refractivity contribution < 1.29 is 19.1 Å². The second kappa shape index (κ2) is 7.23. The SMILES string of the molecule is Cc1ccc2c(c1)C(=O)N[C@@]1(CCC(=O)N(CC(=O)Nc3nccs3)CC1)O2. The predicted molar refractivity (Wildman–Crippen MR) is 103 cm³/mol. The molecule has 8 nitrogen and oxygen atoms in total. The van der Waals surface area contributed by atoms with Gasteiger partial charge in [0.25, 0.3) is 5.91 Å². The Morgan fingerprint density at radius 3 is 3.04 bits per heavy atom. The van der Waals surface area contributed by atoms with Gasteiger partial charge in [0.15, 0.2) is 10.9 Å². The van der Waals surface area contributed by atoms with Gasteiger partial charge in [0.1, 0.15) is 5.75 Å². The van der Waals surface area contributed by atoms with Crippen molar-refractivity contribution >= 4 is 34.2 Å². The van der Waals surface area contributed by atoms with Crippen molar-refractivity contribution in [3.63, 3.8) is 0 Å². The fraction of sp³-hybridized carbons (Fsp3) is 0.368. The lowest BCUT2D eigenvalue weighted by Gasteiger charge is -2.38. The van der Waals surface area contributed by atoms with Gasteiger partial charge < -0.3 is 20.3 Å². The molecule has 1 spiro atoms. The summed E-state index contributed by atoms with van der Waals surface area (Å²) in [6, 6.07) is 5.47. The Kier molecular flexibility index (Phi) is 4.76. The van der Waals surface area contributed by atoms with Crippen LogP contribution in [0.2, 0.25) is 0 Å². The fourth-order valence-electron chi connectivity index (χ4n) is 3.46. The molecule has 2 aromatic rings. The third kappa shape index (κ3) is 3.70. The highest BCUT2D eigenvalue weighted by Crippen LogP contribution is 2.34. The van der Waals surface area contributed by atoms with Crippen LogP contribution in [0.25, 0.3) is 0 Å². The zero-order valence-electron chi connectivity index (χ0n) is 15.4. The number of nitrogens with one attached hydrogen (secondary N) is 2. The number of aryl methyl sites for hydroxylation is 1. The molecule has 146 valence electrons. The van der Waals surface area contributed by atoms with E-state index in [1.54, 1.807) is 23.7 Å². The van der Waals surface area contributed by atoms with Crippen LogP contribution in [0.3, 0.4) is 0 Å². The molecule has 0 unspecified atom stereocenters. The number of amides is 3. The van der Waals surface area contributed by atoms with Crippen molar-refractivity contribution in [3.05, 3.63) is 40.9 Å². The standard InChI is InChI=1S/C19H20N4O4S/c1-12-2-3-14-13(10-12)17(26)22-19(27-14)5-4-16(25)23(8-6-19)11-15(24)21-18-20-7-9-28-18/h2-3,7,9-10H,4-6,8,11H2,1H3,(H,22,26)(H,20,21,24)/t19-/m0/s1. The summed E-state index contributed by atoms with van der Waals surface area (Å²) in [5.41, 5.74) is 0.540. The summed E-state index contributed by atoms with van der Waals surface area (Å²) >= 11 is 1.32. The normalized spacial score (nSPS) is 21.5. The quantitative estimate of drug-likeness (QED) is 0.820. The van der Waals surface area contributed by atoms with E-state index in [-0.39, 0.29) is 30.7 Å². The third-order valence-corrected chi connectivity index (χ3v) is 5.61. The first kappa shape index (κ1) is 18.4. The largest absolute Gasteiger partial charge is 0.467 e. The van der Waals surface area contributed by atoms with Crippen LogP contribution in [0.15, 0.2) is 29.8 Å². The summed E-state index contributed by atoms with van der Waals surface area (Å²) in [5, 5.41) is 7.88. The van der Waals surface area contributed by atoms with Crippen molar-refractivity contribution in [2.75, 3.05) is 18.4 Å². The first-order chi connectivity index (χ1) is 13.4. The molecule has 4 rings (SSSR count). The highest BCUT2D eigenvalue weighted by atomic mass is 32.1. The number of rotatable bonds is 3. The number of carbonyl (C=O) groups excluding carboxylic acids is 3. The highest BCUT2D eigenvalue weighted by Gasteiger charge is 2.42. The number of anilines is 1. The van der Waals surface area contributed by atoms with Crippen LogP contribution in [0.4, 0.5) is 5.13 Å². The minimum atomic E-state index is -0.935. The molecule has 28 heavy (non-hydrogen) atoms. The maximum Gasteiger partial charge on any atom is 0.258 e. The van der Waals surface area contributed by atoms with Crippen molar-refractivity contribution in [3.8, 4) is 5.75 Å². The molecule has 1 fully saturated rings. The number of carbonyl (C=O) groups is 3. The van der Waals surface area contributed by atoms with Crippen LogP contribution in [0, 0.1) is 6.92 Å². The number of hydrogen-bond acceptors (Lipinski definition) is 6. The average Bonchev–Trinajstić information content (AvgIpc) is 3.12. The average molecular weight is 400 g/mol. The second-order valence-corrected chi connectivity index (χ2v) is 7.90. The number of fused-ring (bicyclic) bond motifs is 1. The van der Waals surface area contributed by atoms with Gasteiger partial charge in [-0.15, -0.1) is 11.3 Å². The van der Waals surface area contributed by atoms with E-state index >= 15 is 0 Å². The van der Waals surface area contributed by atoms with Gasteiger partial charge in [0, 0.05) is 37.4 Å². The monoisotopic (exact) mass is 400 g/mol. The van der Waals surface area contributed by atoms with Crippen LogP contribution in [-0.4, -0.2) is 46.4 Å². The van der Waals surface area contributed by atoms with Crippen molar-refractivity contribution in [1.29, 1.82) is 0 Å². The van der Waals surface area contributed by atoms with E-state index in [0.29, 0.717) is 35.8 Å². The minimum absolute atomic E-state index is 0.0573. The van der Waals surface area contributed by atoms with Crippen LogP contribution >= 0.6 is 11.3 Å². The summed E-state index contributed by atoms with van der Waals surface area (Å²) in [4.78, 5) is 42.8. The molecule has 2 aliphatic rings. The summed E-state index contributed by atoms with van der Waals surface area (Å²) in [5.74, 6) is -0.114. The number of benzene rings is 1. The minimum Gasteiger partial charge on any atom is -0.467 e. The van der Waals surface area contributed by atoms with Crippen molar-refractivity contribution in [2.24, 2.45) is 0 Å². The number of thiazole rings is 1. The van der Waals surface area contributed by atoms with Crippen molar-refractivity contribution in [2.45, 2.75) is 31.9 Å². The molecule has 1 saturated heterocycles. The Morgan fingerprint density at radius 1 is 1.39 bits per heavy atom. The van der Waals surface area contributed by atoms with E-state index in [2.05, 4.69) is 15.6 Å². The van der Waals surface area contributed by atoms with Crippen LogP contribution in [0.5, 0.6) is 5.75 Å². The van der Waals surface area contributed by atoms with Crippen molar-refractivity contribution in [1.82, 2.24) is 15.2 Å². The number of ether oxygens (including phenoxy) is 1. The molecule has 1 aromatic carbocycles. The van der Waals surface area contributed by atoms with Gasteiger partial charge in [-0.2, -0.15) is 0 Å². The highest BCUT2D eigenvalue weighted by molar-refractivity contribution is 7.13. The van der Waals surface area contributed by atoms with E-state index in [1.165, 1.54) is 16.2 Å². The Labute approximate surface area is 165 Å².